The smallest absolute Gasteiger partial charge is 0.183 e. The second-order valence-corrected chi connectivity index (χ2v) is 2.95. The van der Waals surface area contributed by atoms with Gasteiger partial charge in [0.15, 0.2) is 6.29 Å². The van der Waals surface area contributed by atoms with Crippen LogP contribution in [0.4, 0.5) is 0 Å². The van der Waals surface area contributed by atoms with E-state index in [1.54, 1.807) is 6.92 Å². The number of ether oxygens (including phenoxy) is 1. The highest BCUT2D eigenvalue weighted by Gasteiger charge is 2.41. The number of hydrogen-bond donors (Lipinski definition) is 4. The highest BCUT2D eigenvalue weighted by Crippen LogP contribution is 2.21. The Morgan fingerprint density at radius 1 is 1.00 bits per heavy atom. The Bertz CT molecular complexity index is 146. The lowest BCUT2D eigenvalue weighted by Gasteiger charge is -2.37. The summed E-state index contributed by atoms with van der Waals surface area (Å²) in [7, 11) is 0. The number of rotatable bonds is 1. The first-order valence-electron chi connectivity index (χ1n) is 3.95. The first kappa shape index (κ1) is 9.88. The fourth-order valence-corrected chi connectivity index (χ4v) is 1.27. The average Bonchev–Trinajstić information content (AvgIpc) is 2.08. The van der Waals surface area contributed by atoms with E-state index >= 15 is 0 Å². The summed E-state index contributed by atoms with van der Waals surface area (Å²) in [6.07, 6.45) is -5.44. The average molecular weight is 178 g/mol. The van der Waals surface area contributed by atoms with Crippen molar-refractivity contribution in [2.24, 2.45) is 0 Å². The molecular weight excluding hydrogens is 164 g/mol. The molecule has 1 aliphatic rings. The summed E-state index contributed by atoms with van der Waals surface area (Å²) in [5.74, 6) is 0. The molecule has 0 bridgehead atoms. The molecule has 72 valence electrons. The monoisotopic (exact) mass is 178 g/mol. The molecule has 5 atom stereocenters. The van der Waals surface area contributed by atoms with Gasteiger partial charge in [0.25, 0.3) is 0 Å². The standard InChI is InChI=1S/C7H14O5/c1-2-3-4(8)5(9)6(10)7(11)12-3/h3-11H,2H2,1H3/t3-,4+,5+,6-,7+/m0/s1. The van der Waals surface area contributed by atoms with Gasteiger partial charge in [0.2, 0.25) is 0 Å². The van der Waals surface area contributed by atoms with Crippen LogP contribution in [0.15, 0.2) is 0 Å². The van der Waals surface area contributed by atoms with Gasteiger partial charge in [-0.2, -0.15) is 0 Å². The molecule has 0 saturated carbocycles. The van der Waals surface area contributed by atoms with Gasteiger partial charge >= 0.3 is 0 Å². The molecule has 0 radical (unpaired) electrons. The summed E-state index contributed by atoms with van der Waals surface area (Å²) in [5.41, 5.74) is 0. The molecule has 0 aromatic carbocycles. The zero-order valence-corrected chi connectivity index (χ0v) is 6.79. The maximum atomic E-state index is 9.28. The molecule has 1 saturated heterocycles. The van der Waals surface area contributed by atoms with Gasteiger partial charge in [-0.3, -0.25) is 0 Å². The maximum Gasteiger partial charge on any atom is 0.183 e. The Kier molecular flexibility index (Phi) is 3.03. The zero-order chi connectivity index (χ0) is 9.30. The van der Waals surface area contributed by atoms with E-state index in [0.29, 0.717) is 6.42 Å². The maximum absolute atomic E-state index is 9.28. The highest BCUT2D eigenvalue weighted by molar-refractivity contribution is 4.87. The predicted molar refractivity (Wildman–Crippen MR) is 39.2 cm³/mol. The summed E-state index contributed by atoms with van der Waals surface area (Å²) < 4.78 is 4.83. The lowest BCUT2D eigenvalue weighted by atomic mass is 9.97. The molecule has 1 heterocycles. The quantitative estimate of drug-likeness (QED) is 0.380. The van der Waals surface area contributed by atoms with E-state index < -0.39 is 30.7 Å². The van der Waals surface area contributed by atoms with Gasteiger partial charge in [0.1, 0.15) is 18.3 Å². The molecule has 0 aliphatic carbocycles. The van der Waals surface area contributed by atoms with Crippen LogP contribution in [0.2, 0.25) is 0 Å². The van der Waals surface area contributed by atoms with Gasteiger partial charge in [0, 0.05) is 0 Å². The van der Waals surface area contributed by atoms with Crippen LogP contribution in [0.5, 0.6) is 0 Å². The summed E-state index contributed by atoms with van der Waals surface area (Å²) >= 11 is 0. The predicted octanol–water partition coefficient (Wildman–Crippen LogP) is -1.80. The van der Waals surface area contributed by atoms with Crippen LogP contribution in [0.1, 0.15) is 13.3 Å². The Morgan fingerprint density at radius 3 is 2.08 bits per heavy atom. The molecular formula is C7H14O5. The Hall–Kier alpha value is -0.200. The molecule has 4 N–H and O–H groups in total. The van der Waals surface area contributed by atoms with Crippen LogP contribution in [0.25, 0.3) is 0 Å². The topological polar surface area (TPSA) is 90.2 Å². The zero-order valence-electron chi connectivity index (χ0n) is 6.79. The van der Waals surface area contributed by atoms with E-state index in [1.165, 1.54) is 0 Å². The van der Waals surface area contributed by atoms with Gasteiger partial charge in [-0.05, 0) is 6.42 Å². The van der Waals surface area contributed by atoms with Crippen molar-refractivity contribution in [2.45, 2.75) is 44.1 Å². The Balaban J connectivity index is 2.63. The first-order valence-corrected chi connectivity index (χ1v) is 3.95. The van der Waals surface area contributed by atoms with Gasteiger partial charge in [-0.1, -0.05) is 6.92 Å². The molecule has 0 aromatic rings. The number of aliphatic hydroxyl groups excluding tert-OH is 4. The second kappa shape index (κ2) is 3.68. The van der Waals surface area contributed by atoms with Gasteiger partial charge < -0.3 is 25.2 Å². The van der Waals surface area contributed by atoms with E-state index in [1.807, 2.05) is 0 Å². The lowest BCUT2D eigenvalue weighted by molar-refractivity contribution is -0.281. The SMILES string of the molecule is CC[C@@H]1O[C@@H](O)[C@@H](O)[C@H](O)[C@@H]1O. The molecule has 0 amide bonds. The molecule has 0 aromatic heterocycles. The molecule has 1 rings (SSSR count). The van der Waals surface area contributed by atoms with Crippen molar-refractivity contribution in [2.75, 3.05) is 0 Å². The fraction of sp³-hybridized carbons (Fsp3) is 1.00. The van der Waals surface area contributed by atoms with Crippen molar-refractivity contribution in [1.29, 1.82) is 0 Å². The van der Waals surface area contributed by atoms with Crippen LogP contribution in [-0.2, 0) is 4.74 Å². The fourth-order valence-electron chi connectivity index (χ4n) is 1.27. The van der Waals surface area contributed by atoms with Crippen molar-refractivity contribution < 1.29 is 25.2 Å². The van der Waals surface area contributed by atoms with Crippen LogP contribution in [-0.4, -0.2) is 51.1 Å². The number of hydrogen-bond acceptors (Lipinski definition) is 5. The van der Waals surface area contributed by atoms with E-state index in [-0.39, 0.29) is 0 Å². The van der Waals surface area contributed by atoms with Crippen LogP contribution < -0.4 is 0 Å². The first-order chi connectivity index (χ1) is 5.57. The van der Waals surface area contributed by atoms with Crippen molar-refractivity contribution >= 4 is 0 Å². The Morgan fingerprint density at radius 2 is 1.58 bits per heavy atom. The van der Waals surface area contributed by atoms with E-state index in [4.69, 9.17) is 14.9 Å². The number of aliphatic hydroxyl groups is 4. The molecule has 12 heavy (non-hydrogen) atoms. The van der Waals surface area contributed by atoms with Gasteiger partial charge in [-0.15, -0.1) is 0 Å². The molecule has 0 spiro atoms. The minimum absolute atomic E-state index is 0.474. The van der Waals surface area contributed by atoms with Crippen molar-refractivity contribution in [3.8, 4) is 0 Å². The molecule has 5 heteroatoms. The third-order valence-electron chi connectivity index (χ3n) is 2.09. The van der Waals surface area contributed by atoms with Crippen LogP contribution in [0, 0.1) is 0 Å². The highest BCUT2D eigenvalue weighted by atomic mass is 16.6. The van der Waals surface area contributed by atoms with Crippen molar-refractivity contribution in [3.63, 3.8) is 0 Å². The van der Waals surface area contributed by atoms with E-state index in [9.17, 15) is 10.2 Å². The summed E-state index contributed by atoms with van der Waals surface area (Å²) in [6, 6.07) is 0. The molecule has 5 nitrogen and oxygen atoms in total. The Labute approximate surface area is 70.2 Å². The van der Waals surface area contributed by atoms with E-state index in [0.717, 1.165) is 0 Å². The minimum atomic E-state index is -1.43. The van der Waals surface area contributed by atoms with Crippen molar-refractivity contribution in [1.82, 2.24) is 0 Å². The summed E-state index contributed by atoms with van der Waals surface area (Å²) in [4.78, 5) is 0. The van der Waals surface area contributed by atoms with Gasteiger partial charge in [-0.25, -0.2) is 0 Å². The normalized spacial score (nSPS) is 49.2. The molecule has 1 fully saturated rings. The van der Waals surface area contributed by atoms with Crippen LogP contribution in [0.3, 0.4) is 0 Å². The third kappa shape index (κ3) is 1.60. The largest absolute Gasteiger partial charge is 0.388 e. The van der Waals surface area contributed by atoms with Gasteiger partial charge in [0.05, 0.1) is 6.10 Å². The summed E-state index contributed by atoms with van der Waals surface area (Å²) in [6.45, 7) is 1.75. The minimum Gasteiger partial charge on any atom is -0.388 e. The van der Waals surface area contributed by atoms with E-state index in [2.05, 4.69) is 0 Å². The van der Waals surface area contributed by atoms with Crippen molar-refractivity contribution in [3.05, 3.63) is 0 Å². The van der Waals surface area contributed by atoms with Crippen LogP contribution >= 0.6 is 0 Å². The second-order valence-electron chi connectivity index (χ2n) is 2.95. The molecule has 1 aliphatic heterocycles. The lowest BCUT2D eigenvalue weighted by Crippen LogP contribution is -2.57. The third-order valence-corrected chi connectivity index (χ3v) is 2.09. The molecule has 0 unspecified atom stereocenters. The summed E-state index contributed by atoms with van der Waals surface area (Å²) in [5, 5.41) is 36.5.